The quantitative estimate of drug-likeness (QED) is 0.756. The fourth-order valence-electron chi connectivity index (χ4n) is 2.83. The van der Waals surface area contributed by atoms with E-state index in [-0.39, 0.29) is 29.6 Å². The predicted molar refractivity (Wildman–Crippen MR) is 71.7 cm³/mol. The number of nitrogens with zero attached hydrogens (tertiary/aromatic N) is 1. The zero-order valence-corrected chi connectivity index (χ0v) is 11.9. The van der Waals surface area contributed by atoms with Crippen LogP contribution < -0.4 is 5.32 Å². The highest BCUT2D eigenvalue weighted by atomic mass is 16.5. The Hall–Kier alpha value is -1.59. The third kappa shape index (κ3) is 3.49. The molecule has 2 fully saturated rings. The Morgan fingerprint density at radius 2 is 2.15 bits per heavy atom. The van der Waals surface area contributed by atoms with Crippen LogP contribution in [0.15, 0.2) is 0 Å². The number of amides is 2. The topological polar surface area (TPSA) is 75.7 Å². The second kappa shape index (κ2) is 6.72. The number of carbonyl (C=O) groups is 3. The number of rotatable bonds is 3. The molecule has 6 nitrogen and oxygen atoms in total. The van der Waals surface area contributed by atoms with E-state index in [1.807, 2.05) is 0 Å². The van der Waals surface area contributed by atoms with Gasteiger partial charge in [0.15, 0.2) is 0 Å². The molecule has 0 bridgehead atoms. The lowest BCUT2D eigenvalue weighted by Crippen LogP contribution is -2.49. The Bertz CT molecular complexity index is 387. The maximum absolute atomic E-state index is 12.4. The van der Waals surface area contributed by atoms with Gasteiger partial charge in [-0.15, -0.1) is 0 Å². The summed E-state index contributed by atoms with van der Waals surface area (Å²) in [5, 5.41) is 2.73. The molecule has 2 rings (SSSR count). The van der Waals surface area contributed by atoms with Crippen molar-refractivity contribution in [1.82, 2.24) is 10.2 Å². The van der Waals surface area contributed by atoms with E-state index in [0.717, 1.165) is 12.8 Å². The molecule has 0 spiro atoms. The molecule has 112 valence electrons. The zero-order valence-electron chi connectivity index (χ0n) is 11.9. The number of likely N-dealkylation sites (tertiary alicyclic amines) is 1. The van der Waals surface area contributed by atoms with Gasteiger partial charge in [0.25, 0.3) is 0 Å². The van der Waals surface area contributed by atoms with E-state index in [0.29, 0.717) is 39.1 Å². The van der Waals surface area contributed by atoms with Gasteiger partial charge in [0, 0.05) is 26.1 Å². The molecule has 20 heavy (non-hydrogen) atoms. The highest BCUT2D eigenvalue weighted by Crippen LogP contribution is 2.22. The van der Waals surface area contributed by atoms with Crippen LogP contribution in [-0.2, 0) is 19.1 Å². The number of piperidine rings is 2. The van der Waals surface area contributed by atoms with Crippen molar-refractivity contribution in [2.75, 3.05) is 26.2 Å². The standard InChI is InChI=1S/C14H22N2O4/c1-2-20-14(19)11-4-3-7-16(9-11)13(18)10-5-6-12(17)15-8-10/h10-11H,2-9H2,1H3,(H,15,17)/t10-,11-/m0/s1. The van der Waals surface area contributed by atoms with Gasteiger partial charge in [0.05, 0.1) is 18.4 Å². The molecule has 2 heterocycles. The molecule has 0 unspecified atom stereocenters. The molecule has 2 saturated heterocycles. The summed E-state index contributed by atoms with van der Waals surface area (Å²) in [6.45, 7) is 3.71. The normalized spacial score (nSPS) is 26.9. The zero-order chi connectivity index (χ0) is 14.5. The fraction of sp³-hybridized carbons (Fsp3) is 0.786. The molecule has 2 aliphatic rings. The van der Waals surface area contributed by atoms with E-state index in [2.05, 4.69) is 5.32 Å². The molecule has 0 aliphatic carbocycles. The smallest absolute Gasteiger partial charge is 0.310 e. The number of ether oxygens (including phenoxy) is 1. The van der Waals surface area contributed by atoms with Crippen LogP contribution in [0.2, 0.25) is 0 Å². The van der Waals surface area contributed by atoms with E-state index >= 15 is 0 Å². The van der Waals surface area contributed by atoms with Gasteiger partial charge in [-0.1, -0.05) is 0 Å². The first-order chi connectivity index (χ1) is 9.61. The van der Waals surface area contributed by atoms with Crippen molar-refractivity contribution in [3.8, 4) is 0 Å². The van der Waals surface area contributed by atoms with Crippen molar-refractivity contribution in [3.05, 3.63) is 0 Å². The van der Waals surface area contributed by atoms with Gasteiger partial charge >= 0.3 is 5.97 Å². The third-order valence-corrected chi connectivity index (χ3v) is 3.97. The van der Waals surface area contributed by atoms with Crippen LogP contribution in [-0.4, -0.2) is 48.9 Å². The maximum atomic E-state index is 12.4. The van der Waals surface area contributed by atoms with E-state index in [9.17, 15) is 14.4 Å². The van der Waals surface area contributed by atoms with E-state index in [1.165, 1.54) is 0 Å². The van der Waals surface area contributed by atoms with E-state index in [1.54, 1.807) is 11.8 Å². The minimum Gasteiger partial charge on any atom is -0.466 e. The molecular formula is C14H22N2O4. The Balaban J connectivity index is 1.89. The molecular weight excluding hydrogens is 260 g/mol. The van der Waals surface area contributed by atoms with Crippen LogP contribution in [0.25, 0.3) is 0 Å². The van der Waals surface area contributed by atoms with Crippen molar-refractivity contribution in [2.24, 2.45) is 11.8 Å². The maximum Gasteiger partial charge on any atom is 0.310 e. The summed E-state index contributed by atoms with van der Waals surface area (Å²) in [6.07, 6.45) is 2.62. The molecule has 0 aromatic rings. The van der Waals surface area contributed by atoms with Crippen LogP contribution >= 0.6 is 0 Å². The van der Waals surface area contributed by atoms with Gasteiger partial charge in [-0.2, -0.15) is 0 Å². The lowest BCUT2D eigenvalue weighted by molar-refractivity contribution is -0.152. The molecule has 6 heteroatoms. The van der Waals surface area contributed by atoms with Crippen LogP contribution in [0.3, 0.4) is 0 Å². The molecule has 2 amide bonds. The first-order valence-electron chi connectivity index (χ1n) is 7.34. The van der Waals surface area contributed by atoms with Crippen molar-refractivity contribution in [2.45, 2.75) is 32.6 Å². The average Bonchev–Trinajstić information content (AvgIpc) is 2.48. The van der Waals surface area contributed by atoms with Gasteiger partial charge in [0.2, 0.25) is 11.8 Å². The van der Waals surface area contributed by atoms with Gasteiger partial charge < -0.3 is 15.0 Å². The largest absolute Gasteiger partial charge is 0.466 e. The van der Waals surface area contributed by atoms with Gasteiger partial charge in [0.1, 0.15) is 0 Å². The van der Waals surface area contributed by atoms with Gasteiger partial charge in [-0.25, -0.2) is 0 Å². The second-order valence-electron chi connectivity index (χ2n) is 5.42. The molecule has 0 radical (unpaired) electrons. The van der Waals surface area contributed by atoms with Crippen LogP contribution in [0.5, 0.6) is 0 Å². The summed E-state index contributed by atoms with van der Waals surface area (Å²) in [6, 6.07) is 0. The summed E-state index contributed by atoms with van der Waals surface area (Å²) >= 11 is 0. The summed E-state index contributed by atoms with van der Waals surface area (Å²) in [4.78, 5) is 37.1. The van der Waals surface area contributed by atoms with E-state index < -0.39 is 0 Å². The molecule has 0 saturated carbocycles. The summed E-state index contributed by atoms with van der Waals surface area (Å²) in [5.41, 5.74) is 0. The first-order valence-corrected chi connectivity index (χ1v) is 7.34. The SMILES string of the molecule is CCOC(=O)[C@H]1CCCN(C(=O)[C@H]2CCC(=O)NC2)C1. The molecule has 2 aliphatic heterocycles. The third-order valence-electron chi connectivity index (χ3n) is 3.97. The minimum atomic E-state index is -0.207. The van der Waals surface area contributed by atoms with Crippen LogP contribution in [0.4, 0.5) is 0 Å². The van der Waals surface area contributed by atoms with Gasteiger partial charge in [-0.3, -0.25) is 14.4 Å². The number of hydrogen-bond donors (Lipinski definition) is 1. The lowest BCUT2D eigenvalue weighted by atomic mass is 9.93. The Kier molecular flexibility index (Phi) is 4.98. The number of hydrogen-bond acceptors (Lipinski definition) is 4. The van der Waals surface area contributed by atoms with Crippen LogP contribution in [0.1, 0.15) is 32.6 Å². The number of nitrogens with one attached hydrogen (secondary N) is 1. The molecule has 0 aromatic heterocycles. The molecule has 2 atom stereocenters. The Labute approximate surface area is 118 Å². The fourth-order valence-corrected chi connectivity index (χ4v) is 2.83. The van der Waals surface area contributed by atoms with Crippen molar-refractivity contribution in [3.63, 3.8) is 0 Å². The second-order valence-corrected chi connectivity index (χ2v) is 5.42. The minimum absolute atomic E-state index is 0.0112. The van der Waals surface area contributed by atoms with Gasteiger partial charge in [-0.05, 0) is 26.2 Å². The molecule has 1 N–H and O–H groups in total. The average molecular weight is 282 g/mol. The molecule has 0 aromatic carbocycles. The summed E-state index contributed by atoms with van der Waals surface area (Å²) < 4.78 is 5.04. The van der Waals surface area contributed by atoms with Crippen molar-refractivity contribution in [1.29, 1.82) is 0 Å². The Morgan fingerprint density at radius 1 is 1.35 bits per heavy atom. The number of carbonyl (C=O) groups excluding carboxylic acids is 3. The highest BCUT2D eigenvalue weighted by molar-refractivity contribution is 5.84. The highest BCUT2D eigenvalue weighted by Gasteiger charge is 2.33. The summed E-state index contributed by atoms with van der Waals surface area (Å²) in [7, 11) is 0. The predicted octanol–water partition coefficient (Wildman–Crippen LogP) is 0.314. The van der Waals surface area contributed by atoms with Crippen molar-refractivity contribution >= 4 is 17.8 Å². The number of esters is 1. The summed E-state index contributed by atoms with van der Waals surface area (Å²) in [5.74, 6) is -0.488. The monoisotopic (exact) mass is 282 g/mol. The van der Waals surface area contributed by atoms with E-state index in [4.69, 9.17) is 4.74 Å². The van der Waals surface area contributed by atoms with Crippen molar-refractivity contribution < 1.29 is 19.1 Å². The lowest BCUT2D eigenvalue weighted by Gasteiger charge is -2.35. The van der Waals surface area contributed by atoms with Crippen LogP contribution in [0, 0.1) is 11.8 Å². The first kappa shape index (κ1) is 14.8. The Morgan fingerprint density at radius 3 is 2.80 bits per heavy atom.